The lowest BCUT2D eigenvalue weighted by Gasteiger charge is -2.27. The van der Waals surface area contributed by atoms with Gasteiger partial charge in [-0.1, -0.05) is 34.1 Å². The molecule has 1 aliphatic carbocycles. The second-order valence-corrected chi connectivity index (χ2v) is 6.02. The van der Waals surface area contributed by atoms with Crippen LogP contribution in [-0.4, -0.2) is 10.2 Å². The van der Waals surface area contributed by atoms with E-state index in [-0.39, 0.29) is 0 Å². The topological polar surface area (TPSA) is 54.7 Å². The Hall–Kier alpha value is -0.990. The molecule has 3 nitrogen and oxygen atoms in total. The molecular formula is C13H23N3. The minimum atomic E-state index is 0.378. The van der Waals surface area contributed by atoms with Crippen LogP contribution < -0.4 is 5.73 Å². The van der Waals surface area contributed by atoms with E-state index in [1.54, 1.807) is 0 Å². The first-order chi connectivity index (χ1) is 7.43. The summed E-state index contributed by atoms with van der Waals surface area (Å²) in [5.41, 5.74) is 8.86. The first-order valence-electron chi connectivity index (χ1n) is 6.27. The van der Waals surface area contributed by atoms with Crippen LogP contribution in [0.5, 0.6) is 0 Å². The van der Waals surface area contributed by atoms with E-state index in [0.29, 0.717) is 23.1 Å². The summed E-state index contributed by atoms with van der Waals surface area (Å²) in [6.45, 7) is 9.08. The quantitative estimate of drug-likeness (QED) is 0.804. The molecule has 1 unspecified atom stereocenters. The number of aromatic amines is 1. The van der Waals surface area contributed by atoms with Crippen molar-refractivity contribution < 1.29 is 0 Å². The zero-order chi connectivity index (χ0) is 11.9. The maximum absolute atomic E-state index is 5.96. The number of nitrogens with two attached hydrogens (primary N) is 1. The molecule has 2 rings (SSSR count). The van der Waals surface area contributed by atoms with E-state index in [1.807, 2.05) is 0 Å². The van der Waals surface area contributed by atoms with Gasteiger partial charge >= 0.3 is 0 Å². The van der Waals surface area contributed by atoms with Gasteiger partial charge in [-0.3, -0.25) is 5.10 Å². The molecule has 0 aliphatic heterocycles. The molecule has 16 heavy (non-hydrogen) atoms. The number of nitrogen functional groups attached to an aromatic ring is 1. The van der Waals surface area contributed by atoms with Crippen LogP contribution in [0.4, 0.5) is 5.82 Å². The third-order valence-corrected chi connectivity index (χ3v) is 4.05. The molecule has 1 atom stereocenters. The molecule has 1 aliphatic rings. The van der Waals surface area contributed by atoms with Crippen LogP contribution in [0.25, 0.3) is 0 Å². The highest BCUT2D eigenvalue weighted by Crippen LogP contribution is 2.50. The van der Waals surface area contributed by atoms with E-state index < -0.39 is 0 Å². The summed E-state index contributed by atoms with van der Waals surface area (Å²) in [4.78, 5) is 0. The van der Waals surface area contributed by atoms with Gasteiger partial charge in [0, 0.05) is 17.2 Å². The zero-order valence-electron chi connectivity index (χ0n) is 10.8. The fraction of sp³-hybridized carbons (Fsp3) is 0.769. The van der Waals surface area contributed by atoms with Gasteiger partial charge in [-0.25, -0.2) is 0 Å². The second kappa shape index (κ2) is 3.79. The monoisotopic (exact) mass is 221 g/mol. The van der Waals surface area contributed by atoms with Crippen LogP contribution in [0.3, 0.4) is 0 Å². The van der Waals surface area contributed by atoms with Crippen LogP contribution >= 0.6 is 0 Å². The van der Waals surface area contributed by atoms with E-state index >= 15 is 0 Å². The number of hydrogen-bond donors (Lipinski definition) is 2. The van der Waals surface area contributed by atoms with Crippen molar-refractivity contribution in [1.29, 1.82) is 0 Å². The number of H-pyrrole nitrogens is 1. The van der Waals surface area contributed by atoms with Gasteiger partial charge in [0.2, 0.25) is 0 Å². The van der Waals surface area contributed by atoms with Crippen molar-refractivity contribution in [1.82, 2.24) is 10.2 Å². The lowest BCUT2D eigenvalue weighted by Crippen LogP contribution is -2.17. The largest absolute Gasteiger partial charge is 0.382 e. The smallest absolute Gasteiger partial charge is 0.148 e. The minimum Gasteiger partial charge on any atom is -0.382 e. The van der Waals surface area contributed by atoms with Crippen LogP contribution in [0.1, 0.15) is 70.1 Å². The van der Waals surface area contributed by atoms with Crippen LogP contribution in [0.15, 0.2) is 0 Å². The van der Waals surface area contributed by atoms with Gasteiger partial charge in [-0.15, -0.1) is 0 Å². The Morgan fingerprint density at radius 1 is 1.44 bits per heavy atom. The van der Waals surface area contributed by atoms with Crippen molar-refractivity contribution in [3.8, 4) is 0 Å². The SMILES string of the molecule is CC(C)c1c(N)n[nH]c1C1CCCC1(C)C. The molecule has 1 aromatic heterocycles. The van der Waals surface area contributed by atoms with Crippen LogP contribution in [-0.2, 0) is 0 Å². The summed E-state index contributed by atoms with van der Waals surface area (Å²) in [6, 6.07) is 0. The number of nitrogens with zero attached hydrogens (tertiary/aromatic N) is 1. The summed E-state index contributed by atoms with van der Waals surface area (Å²) in [5.74, 6) is 1.73. The van der Waals surface area contributed by atoms with Crippen LogP contribution in [0.2, 0.25) is 0 Å². The number of hydrogen-bond acceptors (Lipinski definition) is 2. The summed E-state index contributed by atoms with van der Waals surface area (Å²) in [7, 11) is 0. The van der Waals surface area contributed by atoms with Gasteiger partial charge in [-0.05, 0) is 24.2 Å². The van der Waals surface area contributed by atoms with Crippen molar-refractivity contribution in [3.63, 3.8) is 0 Å². The minimum absolute atomic E-state index is 0.378. The Labute approximate surface area is 97.8 Å². The fourth-order valence-corrected chi connectivity index (χ4v) is 3.11. The molecule has 0 radical (unpaired) electrons. The average Bonchev–Trinajstić information content (AvgIpc) is 2.68. The van der Waals surface area contributed by atoms with Gasteiger partial charge < -0.3 is 5.73 Å². The predicted molar refractivity (Wildman–Crippen MR) is 67.5 cm³/mol. The first kappa shape index (κ1) is 11.5. The van der Waals surface area contributed by atoms with Crippen molar-refractivity contribution in [2.45, 2.75) is 58.8 Å². The molecule has 0 aromatic carbocycles. The van der Waals surface area contributed by atoms with Crippen molar-refractivity contribution in [2.75, 3.05) is 5.73 Å². The number of rotatable bonds is 2. The fourth-order valence-electron chi connectivity index (χ4n) is 3.11. The standard InChI is InChI=1S/C13H23N3/c1-8(2)10-11(15-16-12(10)14)9-6-5-7-13(9,3)4/h8-9H,5-7H2,1-4H3,(H3,14,15,16). The highest BCUT2D eigenvalue weighted by atomic mass is 15.2. The summed E-state index contributed by atoms with van der Waals surface area (Å²) >= 11 is 0. The summed E-state index contributed by atoms with van der Waals surface area (Å²) < 4.78 is 0. The van der Waals surface area contributed by atoms with Gasteiger partial charge in [-0.2, -0.15) is 5.10 Å². The highest BCUT2D eigenvalue weighted by molar-refractivity contribution is 5.46. The lowest BCUT2D eigenvalue weighted by atomic mass is 9.78. The van der Waals surface area contributed by atoms with Crippen molar-refractivity contribution in [3.05, 3.63) is 11.3 Å². The predicted octanol–water partition coefficient (Wildman–Crippen LogP) is 3.41. The molecule has 1 fully saturated rings. The van der Waals surface area contributed by atoms with E-state index in [1.165, 1.54) is 30.5 Å². The number of aromatic nitrogens is 2. The van der Waals surface area contributed by atoms with E-state index in [9.17, 15) is 0 Å². The Kier molecular flexibility index (Phi) is 2.72. The van der Waals surface area contributed by atoms with Crippen LogP contribution in [0, 0.1) is 5.41 Å². The average molecular weight is 221 g/mol. The molecular weight excluding hydrogens is 198 g/mol. The van der Waals surface area contributed by atoms with Gasteiger partial charge in [0.1, 0.15) is 5.82 Å². The molecule has 90 valence electrons. The summed E-state index contributed by atoms with van der Waals surface area (Å²) in [6.07, 6.45) is 3.87. The Morgan fingerprint density at radius 3 is 2.62 bits per heavy atom. The number of nitrogens with one attached hydrogen (secondary N) is 1. The molecule has 1 saturated carbocycles. The maximum Gasteiger partial charge on any atom is 0.148 e. The van der Waals surface area contributed by atoms with Gasteiger partial charge in [0.15, 0.2) is 0 Å². The normalized spacial score (nSPS) is 24.2. The molecule has 0 amide bonds. The molecule has 0 bridgehead atoms. The molecule has 3 heteroatoms. The Bertz CT molecular complexity index is 377. The van der Waals surface area contributed by atoms with E-state index in [0.717, 1.165) is 0 Å². The van der Waals surface area contributed by atoms with Gasteiger partial charge in [0.05, 0.1) is 0 Å². The number of anilines is 1. The molecule has 1 aromatic rings. The molecule has 0 spiro atoms. The zero-order valence-corrected chi connectivity index (χ0v) is 10.8. The Balaban J connectivity index is 2.41. The maximum atomic E-state index is 5.96. The first-order valence-corrected chi connectivity index (χ1v) is 6.27. The van der Waals surface area contributed by atoms with E-state index in [4.69, 9.17) is 5.73 Å². The summed E-state index contributed by atoms with van der Waals surface area (Å²) in [5, 5.41) is 7.38. The highest BCUT2D eigenvalue weighted by Gasteiger charge is 2.38. The van der Waals surface area contributed by atoms with Crippen molar-refractivity contribution >= 4 is 5.82 Å². The van der Waals surface area contributed by atoms with E-state index in [2.05, 4.69) is 37.9 Å². The van der Waals surface area contributed by atoms with Gasteiger partial charge in [0.25, 0.3) is 0 Å². The lowest BCUT2D eigenvalue weighted by molar-refractivity contribution is 0.325. The third kappa shape index (κ3) is 1.72. The second-order valence-electron chi connectivity index (χ2n) is 6.02. The van der Waals surface area contributed by atoms with Crippen molar-refractivity contribution in [2.24, 2.45) is 5.41 Å². The Morgan fingerprint density at radius 2 is 2.12 bits per heavy atom. The third-order valence-electron chi connectivity index (χ3n) is 4.05. The molecule has 0 saturated heterocycles. The molecule has 1 heterocycles. The molecule has 3 N–H and O–H groups in total.